The average Bonchev–Trinajstić information content (AvgIpc) is 2.86. The van der Waals surface area contributed by atoms with E-state index >= 15 is 0 Å². The van der Waals surface area contributed by atoms with Crippen molar-refractivity contribution < 1.29 is 19.7 Å². The third-order valence-electron chi connectivity index (χ3n) is 6.05. The van der Waals surface area contributed by atoms with Gasteiger partial charge in [-0.25, -0.2) is 0 Å². The zero-order chi connectivity index (χ0) is 16.1. The second-order valence-corrected chi connectivity index (χ2v) is 8.27. The van der Waals surface area contributed by atoms with Crippen molar-refractivity contribution in [3.05, 3.63) is 35.4 Å². The molecule has 4 aliphatic rings. The van der Waals surface area contributed by atoms with E-state index in [2.05, 4.69) is 20.8 Å². The summed E-state index contributed by atoms with van der Waals surface area (Å²) in [4.78, 5) is 15.2. The molecule has 0 radical (unpaired) electrons. The number of Topliss-reactive ketones (excluding diaryl/α,β-unsaturated/α-hetero) is 1. The van der Waals surface area contributed by atoms with Crippen LogP contribution in [0.15, 0.2) is 24.3 Å². The number of aliphatic hydroxyl groups excluding tert-OH is 1. The minimum atomic E-state index is -0.766. The Labute approximate surface area is 141 Å². The molecule has 120 valence electrons. The van der Waals surface area contributed by atoms with E-state index < -0.39 is 21.9 Å². The van der Waals surface area contributed by atoms with E-state index in [1.165, 1.54) is 6.07 Å². The highest BCUT2D eigenvalue weighted by atomic mass is 79.9. The Bertz CT molecular complexity index is 793. The largest absolute Gasteiger partial charge is 0.504 e. The Hall–Kier alpha value is -1.37. The van der Waals surface area contributed by atoms with Crippen molar-refractivity contribution in [3.63, 3.8) is 0 Å². The molecule has 23 heavy (non-hydrogen) atoms. The zero-order valence-electron chi connectivity index (χ0n) is 12.5. The molecule has 0 amide bonds. The lowest BCUT2D eigenvalue weighted by Crippen LogP contribution is -2.74. The van der Waals surface area contributed by atoms with Crippen LogP contribution in [-0.2, 0) is 5.41 Å². The first kappa shape index (κ1) is 14.0. The second kappa shape index (κ2) is 3.99. The summed E-state index contributed by atoms with van der Waals surface area (Å²) in [6, 6.07) is 2.85. The fourth-order valence-electron chi connectivity index (χ4n) is 5.10. The number of ether oxygens (including phenoxy) is 1. The number of alkyl halides is 1. The van der Waals surface area contributed by atoms with Crippen molar-refractivity contribution >= 4 is 21.7 Å². The number of hydrogen-bond acceptors (Lipinski definition) is 5. The molecule has 2 bridgehead atoms. The number of carbonyl (C=O) groups excluding carboxylic acids is 1. The summed E-state index contributed by atoms with van der Waals surface area (Å²) < 4.78 is 5.38. The number of phenolic OH excluding ortho intramolecular Hbond substituents is 1. The molecule has 1 aromatic rings. The van der Waals surface area contributed by atoms with Crippen LogP contribution in [0.25, 0.3) is 0 Å². The number of nitrogens with zero attached hydrogens (tertiary/aromatic N) is 1. The summed E-state index contributed by atoms with van der Waals surface area (Å²) in [5.41, 5.74) is 0.821. The van der Waals surface area contributed by atoms with Gasteiger partial charge in [-0.15, -0.1) is 0 Å². The Morgan fingerprint density at radius 3 is 3.00 bits per heavy atom. The predicted molar refractivity (Wildman–Crippen MR) is 86.4 cm³/mol. The van der Waals surface area contributed by atoms with Crippen LogP contribution in [-0.4, -0.2) is 57.1 Å². The number of phenols is 1. The lowest BCUT2D eigenvalue weighted by atomic mass is 9.53. The zero-order valence-corrected chi connectivity index (χ0v) is 14.1. The Morgan fingerprint density at radius 2 is 2.22 bits per heavy atom. The molecule has 5 nitrogen and oxygen atoms in total. The molecule has 2 aliphatic heterocycles. The molecule has 0 aromatic heterocycles. The Balaban J connectivity index is 1.94. The van der Waals surface area contributed by atoms with Gasteiger partial charge in [-0.3, -0.25) is 9.69 Å². The molecular weight excluding hydrogens is 362 g/mol. The monoisotopic (exact) mass is 377 g/mol. The summed E-state index contributed by atoms with van der Waals surface area (Å²) in [5.74, 6) is 0.413. The van der Waals surface area contributed by atoms with E-state index in [1.807, 2.05) is 13.1 Å². The third-order valence-corrected chi connectivity index (χ3v) is 7.46. The van der Waals surface area contributed by atoms with E-state index in [4.69, 9.17) is 4.74 Å². The van der Waals surface area contributed by atoms with Crippen LogP contribution in [0.5, 0.6) is 11.5 Å². The van der Waals surface area contributed by atoms with Gasteiger partial charge in [0, 0.05) is 11.1 Å². The number of rotatable bonds is 0. The maximum Gasteiger partial charge on any atom is 0.182 e. The molecular formula is C17H16BrNO4. The molecule has 0 unspecified atom stereocenters. The molecule has 1 fully saturated rings. The van der Waals surface area contributed by atoms with Crippen LogP contribution in [0.1, 0.15) is 22.3 Å². The summed E-state index contributed by atoms with van der Waals surface area (Å²) >= 11 is 3.86. The average molecular weight is 378 g/mol. The highest BCUT2D eigenvalue weighted by Crippen LogP contribution is 2.66. The number of likely N-dealkylation sites (tertiary alicyclic amines) is 1. The smallest absolute Gasteiger partial charge is 0.182 e. The number of piperidine rings is 1. The third kappa shape index (κ3) is 1.29. The Morgan fingerprint density at radius 1 is 1.43 bits per heavy atom. The highest BCUT2D eigenvalue weighted by Gasteiger charge is 2.72. The second-order valence-electron chi connectivity index (χ2n) is 6.96. The Kier molecular flexibility index (Phi) is 2.43. The van der Waals surface area contributed by atoms with E-state index in [9.17, 15) is 15.0 Å². The van der Waals surface area contributed by atoms with Crippen LogP contribution >= 0.6 is 15.9 Å². The maximum absolute atomic E-state index is 13.2. The number of aliphatic hydroxyl groups is 1. The van der Waals surface area contributed by atoms with Crippen LogP contribution in [0.2, 0.25) is 0 Å². The molecule has 2 N–H and O–H groups in total. The lowest BCUT2D eigenvalue weighted by Gasteiger charge is -2.60. The fourth-order valence-corrected chi connectivity index (χ4v) is 6.44. The fraction of sp³-hybridized carbons (Fsp3) is 0.471. The molecule has 6 heteroatoms. The SMILES string of the molecule is CN1CC[C@]23c4c5ccc(O)c4O[C@H]2[C@@H](O)C=C[C@@]3(Br)[C@H]1C5=O. The standard InChI is InChI=1S/C17H16BrNO4/c1-19-7-6-16-11-8-2-3-9(20)13(11)23-15(16)10(21)4-5-17(16,18)14(19)12(8)22/h2-5,10,14-15,20-21H,6-7H2,1H3/t10-,14+,15-,16-,17+/m0/s1. The molecule has 1 saturated heterocycles. The number of halogens is 1. The van der Waals surface area contributed by atoms with Crippen molar-refractivity contribution in [2.75, 3.05) is 13.6 Å². The van der Waals surface area contributed by atoms with E-state index in [0.717, 1.165) is 18.5 Å². The normalized spacial score (nSPS) is 43.3. The van der Waals surface area contributed by atoms with E-state index in [-0.39, 0.29) is 17.6 Å². The number of benzene rings is 1. The summed E-state index contributed by atoms with van der Waals surface area (Å²) in [5, 5.41) is 20.8. The predicted octanol–water partition coefficient (Wildman–Crippen LogP) is 1.36. The summed E-state index contributed by atoms with van der Waals surface area (Å²) in [7, 11) is 1.95. The van der Waals surface area contributed by atoms with Crippen LogP contribution < -0.4 is 4.74 Å². The number of carbonyl (C=O) groups is 1. The first-order valence-electron chi connectivity index (χ1n) is 7.76. The van der Waals surface area contributed by atoms with Gasteiger partial charge < -0.3 is 14.9 Å². The van der Waals surface area contributed by atoms with E-state index in [1.54, 1.807) is 12.1 Å². The van der Waals surface area contributed by atoms with Crippen molar-refractivity contribution in [1.29, 1.82) is 0 Å². The van der Waals surface area contributed by atoms with Crippen molar-refractivity contribution in [2.45, 2.75) is 34.4 Å². The number of ketones is 1. The first-order chi connectivity index (χ1) is 10.9. The van der Waals surface area contributed by atoms with Gasteiger partial charge in [-0.1, -0.05) is 28.1 Å². The van der Waals surface area contributed by atoms with Gasteiger partial charge in [0.2, 0.25) is 0 Å². The summed E-state index contributed by atoms with van der Waals surface area (Å²) in [6.07, 6.45) is 3.09. The maximum atomic E-state index is 13.2. The minimum absolute atomic E-state index is 0.0275. The van der Waals surface area contributed by atoms with Gasteiger partial charge in [0.25, 0.3) is 0 Å². The molecule has 2 aliphatic carbocycles. The van der Waals surface area contributed by atoms with Gasteiger partial charge in [-0.2, -0.15) is 0 Å². The van der Waals surface area contributed by atoms with Gasteiger partial charge in [0.1, 0.15) is 12.2 Å². The molecule has 5 atom stereocenters. The molecule has 0 saturated carbocycles. The molecule has 5 rings (SSSR count). The van der Waals surface area contributed by atoms with Gasteiger partial charge in [-0.05, 0) is 32.1 Å². The van der Waals surface area contributed by atoms with Gasteiger partial charge in [0.05, 0.1) is 15.8 Å². The van der Waals surface area contributed by atoms with Crippen LogP contribution in [0, 0.1) is 0 Å². The number of aromatic hydroxyl groups is 1. The van der Waals surface area contributed by atoms with Crippen molar-refractivity contribution in [3.8, 4) is 11.5 Å². The van der Waals surface area contributed by atoms with Crippen LogP contribution in [0.4, 0.5) is 0 Å². The topological polar surface area (TPSA) is 70.0 Å². The van der Waals surface area contributed by atoms with Crippen molar-refractivity contribution in [1.82, 2.24) is 4.90 Å². The molecule has 2 heterocycles. The van der Waals surface area contributed by atoms with Crippen LogP contribution in [0.3, 0.4) is 0 Å². The highest BCUT2D eigenvalue weighted by molar-refractivity contribution is 9.10. The van der Waals surface area contributed by atoms with Gasteiger partial charge >= 0.3 is 0 Å². The molecule has 1 aromatic carbocycles. The summed E-state index contributed by atoms with van der Waals surface area (Å²) in [6.45, 7) is 0.735. The van der Waals surface area contributed by atoms with Crippen molar-refractivity contribution in [2.24, 2.45) is 0 Å². The first-order valence-corrected chi connectivity index (χ1v) is 8.55. The number of likely N-dealkylation sites (N-methyl/N-ethyl adjacent to an activating group) is 1. The van der Waals surface area contributed by atoms with Gasteiger partial charge in [0.15, 0.2) is 17.3 Å². The van der Waals surface area contributed by atoms with E-state index in [0.29, 0.717) is 11.3 Å². The number of hydrogen-bond donors (Lipinski definition) is 2. The minimum Gasteiger partial charge on any atom is -0.504 e. The quantitative estimate of drug-likeness (QED) is 0.527. The lowest BCUT2D eigenvalue weighted by molar-refractivity contribution is -0.0255. The molecule has 1 spiro atoms.